The molecule has 5 rings (SSSR count). The van der Waals surface area contributed by atoms with Crippen molar-refractivity contribution in [2.45, 2.75) is 18.9 Å². The van der Waals surface area contributed by atoms with Gasteiger partial charge in [-0.1, -0.05) is 42.5 Å². The van der Waals surface area contributed by atoms with Crippen molar-refractivity contribution in [3.8, 4) is 11.5 Å². The molecule has 0 aliphatic carbocycles. The van der Waals surface area contributed by atoms with Gasteiger partial charge in [-0.15, -0.1) is 0 Å². The zero-order valence-corrected chi connectivity index (χ0v) is 18.9. The van der Waals surface area contributed by atoms with Gasteiger partial charge < -0.3 is 19.4 Å². The third-order valence-corrected chi connectivity index (χ3v) is 5.96. The molecular weight excluding hydrogens is 430 g/mol. The van der Waals surface area contributed by atoms with E-state index >= 15 is 0 Å². The largest absolute Gasteiger partial charge is 0.486 e. The Hall–Kier alpha value is -4.13. The lowest BCUT2D eigenvalue weighted by atomic mass is 10.0. The van der Waals surface area contributed by atoms with Gasteiger partial charge in [-0.25, -0.2) is 4.98 Å². The lowest BCUT2D eigenvalue weighted by Gasteiger charge is -2.19. The number of para-hydroxylation sites is 2. The number of aryl methyl sites for hydroxylation is 1. The molecule has 172 valence electrons. The lowest BCUT2D eigenvalue weighted by molar-refractivity contribution is -0.121. The molecule has 1 N–H and O–H groups in total. The van der Waals surface area contributed by atoms with Crippen LogP contribution in [0.1, 0.15) is 40.6 Å². The number of benzene rings is 3. The summed E-state index contributed by atoms with van der Waals surface area (Å²) in [5.74, 6) is 1.60. The summed E-state index contributed by atoms with van der Waals surface area (Å²) in [5, 5.41) is 3.09. The minimum Gasteiger partial charge on any atom is -0.486 e. The second-order valence-electron chi connectivity index (χ2n) is 8.21. The average Bonchev–Trinajstić information content (AvgIpc) is 3.22. The van der Waals surface area contributed by atoms with Crippen LogP contribution in [0, 0.1) is 0 Å². The molecule has 0 saturated carbocycles. The van der Waals surface area contributed by atoms with Crippen molar-refractivity contribution >= 4 is 22.7 Å². The highest BCUT2D eigenvalue weighted by atomic mass is 16.6. The molecule has 7 heteroatoms. The van der Waals surface area contributed by atoms with Crippen LogP contribution in [0.3, 0.4) is 0 Å². The van der Waals surface area contributed by atoms with E-state index in [1.54, 1.807) is 18.2 Å². The maximum Gasteiger partial charge on any atom is 0.221 e. The van der Waals surface area contributed by atoms with Crippen molar-refractivity contribution in [1.82, 2.24) is 14.9 Å². The van der Waals surface area contributed by atoms with Gasteiger partial charge in [0, 0.05) is 25.5 Å². The average molecular weight is 456 g/mol. The normalized spacial score (nSPS) is 13.4. The van der Waals surface area contributed by atoms with Crippen molar-refractivity contribution in [1.29, 1.82) is 0 Å². The molecule has 0 fully saturated rings. The second-order valence-corrected chi connectivity index (χ2v) is 8.21. The molecule has 1 amide bonds. The Balaban J connectivity index is 1.32. The van der Waals surface area contributed by atoms with E-state index in [2.05, 4.69) is 5.32 Å². The van der Waals surface area contributed by atoms with Crippen molar-refractivity contribution in [2.75, 3.05) is 13.2 Å². The molecule has 1 atom stereocenters. The van der Waals surface area contributed by atoms with Crippen LogP contribution in [0.5, 0.6) is 11.5 Å². The van der Waals surface area contributed by atoms with Gasteiger partial charge in [0.05, 0.1) is 11.0 Å². The first-order valence-corrected chi connectivity index (χ1v) is 11.3. The Bertz CT molecular complexity index is 1350. The number of Topliss-reactive ketones (excluding diaryl/α,β-unsaturated/α-hetero) is 1. The number of hydrogen-bond acceptors (Lipinski definition) is 5. The number of ether oxygens (including phenoxy) is 2. The summed E-state index contributed by atoms with van der Waals surface area (Å²) < 4.78 is 13.1. The van der Waals surface area contributed by atoms with Crippen molar-refractivity contribution < 1.29 is 19.1 Å². The monoisotopic (exact) mass is 455 g/mol. The number of carbonyl (C=O) groups excluding carboxylic acids is 2. The van der Waals surface area contributed by atoms with Gasteiger partial charge in [-0.2, -0.15) is 0 Å². The summed E-state index contributed by atoms with van der Waals surface area (Å²) in [6, 6.07) is 22.3. The summed E-state index contributed by atoms with van der Waals surface area (Å²) >= 11 is 0. The summed E-state index contributed by atoms with van der Waals surface area (Å²) in [7, 11) is 1.94. The first-order valence-electron chi connectivity index (χ1n) is 11.3. The van der Waals surface area contributed by atoms with E-state index < -0.39 is 6.04 Å². The first kappa shape index (κ1) is 21.7. The fourth-order valence-electron chi connectivity index (χ4n) is 4.19. The molecule has 4 aromatic rings. The van der Waals surface area contributed by atoms with E-state index in [0.717, 1.165) is 22.4 Å². The smallest absolute Gasteiger partial charge is 0.221 e. The molecule has 1 aromatic heterocycles. The number of ketones is 1. The molecule has 2 heterocycles. The zero-order chi connectivity index (χ0) is 23.5. The van der Waals surface area contributed by atoms with Crippen molar-refractivity contribution in [3.05, 3.63) is 89.7 Å². The minimum atomic E-state index is -0.435. The van der Waals surface area contributed by atoms with Crippen LogP contribution in [-0.4, -0.2) is 34.5 Å². The molecule has 34 heavy (non-hydrogen) atoms. The molecule has 3 aromatic carbocycles. The Kier molecular flexibility index (Phi) is 5.99. The zero-order valence-electron chi connectivity index (χ0n) is 18.9. The van der Waals surface area contributed by atoms with Crippen LogP contribution in [-0.2, 0) is 11.8 Å². The van der Waals surface area contributed by atoms with Crippen LogP contribution in [0.25, 0.3) is 11.0 Å². The Morgan fingerprint density at radius 2 is 1.68 bits per heavy atom. The number of imidazole rings is 1. The Morgan fingerprint density at radius 1 is 0.941 bits per heavy atom. The predicted octanol–water partition coefficient (Wildman–Crippen LogP) is 4.21. The van der Waals surface area contributed by atoms with Crippen LogP contribution in [0.2, 0.25) is 0 Å². The molecule has 1 aliphatic heterocycles. The number of carbonyl (C=O) groups is 2. The van der Waals surface area contributed by atoms with Crippen LogP contribution < -0.4 is 14.8 Å². The molecule has 1 aliphatic rings. The van der Waals surface area contributed by atoms with E-state index in [0.29, 0.717) is 30.3 Å². The molecule has 0 bridgehead atoms. The SMILES string of the molecule is Cn1c(C(NC(=O)CCC(=O)c2ccc3c(c2)OCCO3)c2ccccc2)nc2ccccc21. The van der Waals surface area contributed by atoms with Gasteiger partial charge in [0.2, 0.25) is 5.91 Å². The first-order chi connectivity index (χ1) is 16.6. The Morgan fingerprint density at radius 3 is 2.47 bits per heavy atom. The highest BCUT2D eigenvalue weighted by Crippen LogP contribution is 2.31. The van der Waals surface area contributed by atoms with Gasteiger partial charge in [-0.3, -0.25) is 9.59 Å². The molecule has 0 saturated heterocycles. The van der Waals surface area contributed by atoms with Crippen LogP contribution in [0.15, 0.2) is 72.8 Å². The van der Waals surface area contributed by atoms with Gasteiger partial charge in [0.25, 0.3) is 0 Å². The third kappa shape index (κ3) is 4.37. The van der Waals surface area contributed by atoms with E-state index in [1.807, 2.05) is 66.2 Å². The lowest BCUT2D eigenvalue weighted by Crippen LogP contribution is -2.31. The van der Waals surface area contributed by atoms with Crippen molar-refractivity contribution in [2.24, 2.45) is 7.05 Å². The minimum absolute atomic E-state index is 0.0700. The molecule has 7 nitrogen and oxygen atoms in total. The number of rotatable bonds is 7. The van der Waals surface area contributed by atoms with Gasteiger partial charge >= 0.3 is 0 Å². The third-order valence-electron chi connectivity index (χ3n) is 5.96. The number of amides is 1. The number of nitrogens with zero attached hydrogens (tertiary/aromatic N) is 2. The standard InChI is InChI=1S/C27H25N3O4/c1-30-21-10-6-5-9-20(21)28-27(30)26(18-7-3-2-4-8-18)29-25(32)14-12-22(31)19-11-13-23-24(17-19)34-16-15-33-23/h2-11,13,17,26H,12,14-16H2,1H3,(H,29,32). The predicted molar refractivity (Wildman–Crippen MR) is 128 cm³/mol. The fraction of sp³-hybridized carbons (Fsp3) is 0.222. The Labute approximate surface area is 197 Å². The number of nitrogens with one attached hydrogen (secondary N) is 1. The highest BCUT2D eigenvalue weighted by molar-refractivity contribution is 5.98. The van der Waals surface area contributed by atoms with Crippen molar-refractivity contribution in [3.63, 3.8) is 0 Å². The highest BCUT2D eigenvalue weighted by Gasteiger charge is 2.23. The van der Waals surface area contributed by atoms with E-state index in [9.17, 15) is 9.59 Å². The fourth-order valence-corrected chi connectivity index (χ4v) is 4.19. The number of aromatic nitrogens is 2. The van der Waals surface area contributed by atoms with E-state index in [1.165, 1.54) is 0 Å². The molecule has 0 radical (unpaired) electrons. The van der Waals surface area contributed by atoms with Gasteiger partial charge in [0.15, 0.2) is 17.3 Å². The summed E-state index contributed by atoms with van der Waals surface area (Å²) in [4.78, 5) is 30.5. The molecular formula is C27H25N3O4. The molecule has 0 spiro atoms. The van der Waals surface area contributed by atoms with E-state index in [-0.39, 0.29) is 24.5 Å². The van der Waals surface area contributed by atoms with Crippen LogP contribution in [0.4, 0.5) is 0 Å². The quantitative estimate of drug-likeness (QED) is 0.422. The van der Waals surface area contributed by atoms with Gasteiger partial charge in [0.1, 0.15) is 25.1 Å². The maximum atomic E-state index is 12.9. The van der Waals surface area contributed by atoms with Gasteiger partial charge in [-0.05, 0) is 35.9 Å². The number of fused-ring (bicyclic) bond motifs is 2. The number of hydrogen-bond donors (Lipinski definition) is 1. The summed E-state index contributed by atoms with van der Waals surface area (Å²) in [6.45, 7) is 0.949. The topological polar surface area (TPSA) is 82.5 Å². The second kappa shape index (κ2) is 9.39. The summed E-state index contributed by atoms with van der Waals surface area (Å²) in [6.07, 6.45) is 0.163. The van der Waals surface area contributed by atoms with Crippen LogP contribution >= 0.6 is 0 Å². The maximum absolute atomic E-state index is 12.9. The van der Waals surface area contributed by atoms with E-state index in [4.69, 9.17) is 14.5 Å². The molecule has 1 unspecified atom stereocenters. The summed E-state index contributed by atoms with van der Waals surface area (Å²) in [5.41, 5.74) is 3.28.